The van der Waals surface area contributed by atoms with Crippen LogP contribution >= 0.6 is 0 Å². The zero-order valence-electron chi connectivity index (χ0n) is 13.9. The van der Waals surface area contributed by atoms with Gasteiger partial charge in [0.15, 0.2) is 0 Å². The molecule has 0 bridgehead atoms. The third kappa shape index (κ3) is 3.66. The van der Waals surface area contributed by atoms with E-state index < -0.39 is 5.60 Å². The van der Waals surface area contributed by atoms with Gasteiger partial charge in [0, 0.05) is 24.9 Å². The first-order valence-corrected chi connectivity index (χ1v) is 8.16. The maximum Gasteiger partial charge on any atom is 0.228 e. The van der Waals surface area contributed by atoms with Gasteiger partial charge < -0.3 is 19.7 Å². The van der Waals surface area contributed by atoms with Gasteiger partial charge in [-0.1, -0.05) is 24.3 Å². The van der Waals surface area contributed by atoms with Gasteiger partial charge in [0.1, 0.15) is 5.60 Å². The Morgan fingerprint density at radius 3 is 3.00 bits per heavy atom. The van der Waals surface area contributed by atoms with E-state index in [1.54, 1.807) is 17.4 Å². The maximum atomic E-state index is 12.5. The Kier molecular flexibility index (Phi) is 4.97. The fourth-order valence-corrected chi connectivity index (χ4v) is 3.13. The number of H-pyrrole nitrogens is 1. The average molecular weight is 329 g/mol. The molecule has 3 rings (SSSR count). The first-order chi connectivity index (χ1) is 11.6. The fourth-order valence-electron chi connectivity index (χ4n) is 3.13. The predicted molar refractivity (Wildman–Crippen MR) is 89.5 cm³/mol. The molecule has 1 atom stereocenters. The summed E-state index contributed by atoms with van der Waals surface area (Å²) in [5.74, 6) is 0.0187. The molecule has 1 aromatic heterocycles. The number of nitrogens with one attached hydrogen (secondary N) is 1. The second-order valence-corrected chi connectivity index (χ2v) is 6.36. The fraction of sp³-hybridized carbons (Fsp3) is 0.444. The Bertz CT molecular complexity index is 687. The van der Waals surface area contributed by atoms with E-state index in [-0.39, 0.29) is 18.9 Å². The molecular weight excluding hydrogens is 306 g/mol. The monoisotopic (exact) mass is 329 g/mol. The van der Waals surface area contributed by atoms with Crippen LogP contribution in [-0.4, -0.2) is 57.8 Å². The minimum atomic E-state index is -0.742. The number of aliphatic hydroxyl groups is 1. The van der Waals surface area contributed by atoms with Gasteiger partial charge >= 0.3 is 0 Å². The van der Waals surface area contributed by atoms with Crippen molar-refractivity contribution in [2.75, 3.05) is 26.3 Å². The SMILES string of the molecule is Cc1ccccc1CC1(CO)CN(C(=O)Cc2cnc[nH]2)CCO1. The van der Waals surface area contributed by atoms with Crippen LogP contribution < -0.4 is 0 Å². The minimum Gasteiger partial charge on any atom is -0.393 e. The van der Waals surface area contributed by atoms with Crippen molar-refractivity contribution in [3.05, 3.63) is 53.6 Å². The third-order valence-corrected chi connectivity index (χ3v) is 4.56. The molecule has 1 aliphatic rings. The van der Waals surface area contributed by atoms with Gasteiger partial charge in [-0.15, -0.1) is 0 Å². The minimum absolute atomic E-state index is 0.0187. The summed E-state index contributed by atoms with van der Waals surface area (Å²) in [6.07, 6.45) is 4.10. The van der Waals surface area contributed by atoms with E-state index in [4.69, 9.17) is 4.74 Å². The molecule has 1 unspecified atom stereocenters. The molecule has 1 amide bonds. The van der Waals surface area contributed by atoms with Crippen LogP contribution in [0.3, 0.4) is 0 Å². The Hall–Kier alpha value is -2.18. The lowest BCUT2D eigenvalue weighted by molar-refractivity contribution is -0.157. The van der Waals surface area contributed by atoms with Crippen molar-refractivity contribution in [1.29, 1.82) is 0 Å². The number of morpholine rings is 1. The molecule has 0 saturated carbocycles. The van der Waals surface area contributed by atoms with Gasteiger partial charge in [-0.05, 0) is 18.1 Å². The lowest BCUT2D eigenvalue weighted by Gasteiger charge is -2.42. The number of nitrogens with zero attached hydrogens (tertiary/aromatic N) is 2. The summed E-state index contributed by atoms with van der Waals surface area (Å²) in [5, 5.41) is 9.97. The molecule has 128 valence electrons. The smallest absolute Gasteiger partial charge is 0.228 e. The second-order valence-electron chi connectivity index (χ2n) is 6.36. The highest BCUT2D eigenvalue weighted by Crippen LogP contribution is 2.25. The van der Waals surface area contributed by atoms with Gasteiger partial charge in [-0.25, -0.2) is 4.98 Å². The van der Waals surface area contributed by atoms with E-state index in [9.17, 15) is 9.90 Å². The number of imidazole rings is 1. The van der Waals surface area contributed by atoms with E-state index in [2.05, 4.69) is 9.97 Å². The van der Waals surface area contributed by atoms with Crippen LogP contribution in [0.5, 0.6) is 0 Å². The summed E-state index contributed by atoms with van der Waals surface area (Å²) >= 11 is 0. The van der Waals surface area contributed by atoms with Crippen molar-refractivity contribution in [2.24, 2.45) is 0 Å². The molecule has 1 saturated heterocycles. The quantitative estimate of drug-likeness (QED) is 0.861. The number of amides is 1. The van der Waals surface area contributed by atoms with Crippen molar-refractivity contribution in [3.8, 4) is 0 Å². The molecule has 1 aliphatic heterocycles. The number of aliphatic hydroxyl groups excluding tert-OH is 1. The normalized spacial score (nSPS) is 21.0. The summed E-state index contributed by atoms with van der Waals surface area (Å²) in [5.41, 5.74) is 2.35. The van der Waals surface area contributed by atoms with Crippen molar-refractivity contribution in [3.63, 3.8) is 0 Å². The molecule has 1 aromatic carbocycles. The molecule has 0 spiro atoms. The number of carbonyl (C=O) groups is 1. The maximum absolute atomic E-state index is 12.5. The van der Waals surface area contributed by atoms with Crippen LogP contribution in [0.4, 0.5) is 0 Å². The van der Waals surface area contributed by atoms with Gasteiger partial charge in [-0.3, -0.25) is 4.79 Å². The van der Waals surface area contributed by atoms with E-state index in [0.717, 1.165) is 16.8 Å². The van der Waals surface area contributed by atoms with E-state index in [1.807, 2.05) is 31.2 Å². The number of benzene rings is 1. The molecule has 6 heteroatoms. The molecule has 1 fully saturated rings. The predicted octanol–water partition coefficient (Wildman–Crippen LogP) is 1.09. The number of aromatic amines is 1. The number of aromatic nitrogens is 2. The highest BCUT2D eigenvalue weighted by atomic mass is 16.5. The summed E-state index contributed by atoms with van der Waals surface area (Å²) in [7, 11) is 0. The number of rotatable bonds is 5. The van der Waals surface area contributed by atoms with Gasteiger partial charge in [-0.2, -0.15) is 0 Å². The molecule has 2 N–H and O–H groups in total. The Morgan fingerprint density at radius 2 is 2.29 bits per heavy atom. The summed E-state index contributed by atoms with van der Waals surface area (Å²) in [4.78, 5) is 21.2. The number of carbonyl (C=O) groups excluding carboxylic acids is 1. The largest absolute Gasteiger partial charge is 0.393 e. The molecular formula is C18H23N3O3. The molecule has 0 aliphatic carbocycles. The molecule has 24 heavy (non-hydrogen) atoms. The van der Waals surface area contributed by atoms with E-state index >= 15 is 0 Å². The molecule has 6 nitrogen and oxygen atoms in total. The zero-order chi connectivity index (χ0) is 17.0. The molecule has 2 heterocycles. The van der Waals surface area contributed by atoms with Gasteiger partial charge in [0.05, 0.1) is 32.5 Å². The van der Waals surface area contributed by atoms with Crippen molar-refractivity contribution >= 4 is 5.91 Å². The molecule has 0 radical (unpaired) electrons. The Balaban J connectivity index is 1.72. The van der Waals surface area contributed by atoms with E-state index in [1.165, 1.54) is 0 Å². The van der Waals surface area contributed by atoms with Crippen molar-refractivity contribution < 1.29 is 14.6 Å². The summed E-state index contributed by atoms with van der Waals surface area (Å²) in [6, 6.07) is 8.07. The first-order valence-electron chi connectivity index (χ1n) is 8.16. The third-order valence-electron chi connectivity index (χ3n) is 4.56. The second kappa shape index (κ2) is 7.15. The first kappa shape index (κ1) is 16.7. The van der Waals surface area contributed by atoms with Crippen LogP contribution in [0.25, 0.3) is 0 Å². The summed E-state index contributed by atoms with van der Waals surface area (Å²) in [6.45, 7) is 3.30. The number of aryl methyl sites for hydroxylation is 1. The van der Waals surface area contributed by atoms with E-state index in [0.29, 0.717) is 26.1 Å². The zero-order valence-corrected chi connectivity index (χ0v) is 13.9. The average Bonchev–Trinajstić information content (AvgIpc) is 3.10. The summed E-state index contributed by atoms with van der Waals surface area (Å²) < 4.78 is 5.93. The Labute approximate surface area is 141 Å². The number of ether oxygens (including phenoxy) is 1. The van der Waals surface area contributed by atoms with Gasteiger partial charge in [0.2, 0.25) is 5.91 Å². The van der Waals surface area contributed by atoms with Crippen molar-refractivity contribution in [1.82, 2.24) is 14.9 Å². The van der Waals surface area contributed by atoms with Gasteiger partial charge in [0.25, 0.3) is 0 Å². The topological polar surface area (TPSA) is 78.5 Å². The number of hydrogen-bond acceptors (Lipinski definition) is 4. The van der Waals surface area contributed by atoms with Crippen LogP contribution in [0, 0.1) is 6.92 Å². The lowest BCUT2D eigenvalue weighted by atomic mass is 9.91. The Morgan fingerprint density at radius 1 is 1.46 bits per heavy atom. The standard InChI is InChI=1S/C18H23N3O3/c1-14-4-2-3-5-15(14)9-18(12-22)11-21(6-7-24-18)17(23)8-16-10-19-13-20-16/h2-5,10,13,22H,6-9,11-12H2,1H3,(H,19,20). The highest BCUT2D eigenvalue weighted by Gasteiger charge is 2.38. The number of hydrogen-bond donors (Lipinski definition) is 2. The van der Waals surface area contributed by atoms with Crippen LogP contribution in [0.2, 0.25) is 0 Å². The molecule has 2 aromatic rings. The van der Waals surface area contributed by atoms with Crippen molar-refractivity contribution in [2.45, 2.75) is 25.4 Å². The van der Waals surface area contributed by atoms with Crippen LogP contribution in [0.1, 0.15) is 16.8 Å². The van der Waals surface area contributed by atoms with Crippen LogP contribution in [-0.2, 0) is 22.4 Å². The lowest BCUT2D eigenvalue weighted by Crippen LogP contribution is -2.57. The highest BCUT2D eigenvalue weighted by molar-refractivity contribution is 5.78. The van der Waals surface area contributed by atoms with Crippen LogP contribution in [0.15, 0.2) is 36.8 Å².